The average molecular weight is 340 g/mol. The minimum Gasteiger partial charge on any atom is -0.392 e. The van der Waals surface area contributed by atoms with E-state index < -0.39 is 28.0 Å². The van der Waals surface area contributed by atoms with Crippen LogP contribution in [0.4, 0.5) is 4.39 Å². The molecule has 1 N–H and O–H groups in total. The molecular formula is C15H17FN2O4S. The molecule has 0 radical (unpaired) electrons. The highest BCUT2D eigenvalue weighted by Gasteiger charge is 2.40. The van der Waals surface area contributed by atoms with Gasteiger partial charge in [0.1, 0.15) is 23.0 Å². The predicted octanol–water partition coefficient (Wildman–Crippen LogP) is 1.76. The molecule has 0 amide bonds. The topological polar surface area (TPSA) is 83.6 Å². The van der Waals surface area contributed by atoms with Crippen molar-refractivity contribution in [3.8, 4) is 0 Å². The van der Waals surface area contributed by atoms with E-state index in [-0.39, 0.29) is 18.7 Å². The second-order valence-corrected chi connectivity index (χ2v) is 7.64. The van der Waals surface area contributed by atoms with Crippen LogP contribution in [0.1, 0.15) is 29.5 Å². The molecule has 2 atom stereocenters. The summed E-state index contributed by atoms with van der Waals surface area (Å²) in [5.74, 6) is -0.227. The third-order valence-electron chi connectivity index (χ3n) is 3.83. The predicted molar refractivity (Wildman–Crippen MR) is 80.3 cm³/mol. The van der Waals surface area contributed by atoms with Crippen LogP contribution in [0.25, 0.3) is 0 Å². The zero-order chi connectivity index (χ0) is 16.6. The number of aromatic nitrogens is 1. The molecule has 2 aromatic rings. The minimum absolute atomic E-state index is 0.0135. The van der Waals surface area contributed by atoms with Crippen LogP contribution in [0.5, 0.6) is 0 Å². The van der Waals surface area contributed by atoms with E-state index >= 15 is 0 Å². The monoisotopic (exact) mass is 340 g/mol. The number of hydrogen-bond donors (Lipinski definition) is 1. The first-order valence-electron chi connectivity index (χ1n) is 7.20. The van der Waals surface area contributed by atoms with Gasteiger partial charge in [-0.1, -0.05) is 17.3 Å². The summed E-state index contributed by atoms with van der Waals surface area (Å²) in [5.41, 5.74) is 0.836. The second kappa shape index (κ2) is 6.03. The molecule has 0 saturated carbocycles. The van der Waals surface area contributed by atoms with Gasteiger partial charge in [0.15, 0.2) is 0 Å². The third kappa shape index (κ3) is 3.44. The maximum Gasteiger partial charge on any atom is 0.220 e. The number of benzene rings is 1. The Bertz CT molecular complexity index is 805. The van der Waals surface area contributed by atoms with Crippen molar-refractivity contribution in [1.82, 2.24) is 9.46 Å². The summed E-state index contributed by atoms with van der Waals surface area (Å²) in [6.45, 7) is 1.67. The van der Waals surface area contributed by atoms with Gasteiger partial charge < -0.3 is 9.63 Å². The lowest BCUT2D eigenvalue weighted by Crippen LogP contribution is -2.33. The van der Waals surface area contributed by atoms with Gasteiger partial charge in [0.05, 0.1) is 12.1 Å². The Hall–Kier alpha value is -1.77. The number of sulfonamides is 1. The molecule has 1 aliphatic heterocycles. The largest absolute Gasteiger partial charge is 0.392 e. The maximum atomic E-state index is 13.4. The molecule has 2 heterocycles. The highest BCUT2D eigenvalue weighted by atomic mass is 32.2. The van der Waals surface area contributed by atoms with Gasteiger partial charge in [0.25, 0.3) is 0 Å². The molecule has 1 aliphatic rings. The van der Waals surface area contributed by atoms with Crippen molar-refractivity contribution in [3.63, 3.8) is 0 Å². The lowest BCUT2D eigenvalue weighted by molar-refractivity contribution is 0.188. The normalized spacial score (nSPS) is 22.6. The van der Waals surface area contributed by atoms with Crippen molar-refractivity contribution in [2.24, 2.45) is 0 Å². The van der Waals surface area contributed by atoms with Crippen LogP contribution < -0.4 is 0 Å². The summed E-state index contributed by atoms with van der Waals surface area (Å²) in [6, 6.07) is 6.76. The molecule has 124 valence electrons. The fourth-order valence-corrected chi connectivity index (χ4v) is 4.53. The van der Waals surface area contributed by atoms with E-state index in [0.717, 1.165) is 0 Å². The molecule has 1 aromatic carbocycles. The van der Waals surface area contributed by atoms with Crippen LogP contribution in [-0.2, 0) is 15.8 Å². The maximum absolute atomic E-state index is 13.4. The first-order valence-corrected chi connectivity index (χ1v) is 8.81. The fraction of sp³-hybridized carbons (Fsp3) is 0.400. The summed E-state index contributed by atoms with van der Waals surface area (Å²) < 4.78 is 44.9. The van der Waals surface area contributed by atoms with Gasteiger partial charge in [0, 0.05) is 12.6 Å². The lowest BCUT2D eigenvalue weighted by atomic mass is 10.0. The van der Waals surface area contributed by atoms with Crippen LogP contribution >= 0.6 is 0 Å². The molecule has 23 heavy (non-hydrogen) atoms. The first kappa shape index (κ1) is 16.1. The molecular weight excluding hydrogens is 323 g/mol. The van der Waals surface area contributed by atoms with Gasteiger partial charge in [-0.05, 0) is 31.0 Å². The van der Waals surface area contributed by atoms with Crippen LogP contribution in [0.3, 0.4) is 0 Å². The molecule has 0 aliphatic carbocycles. The zero-order valence-corrected chi connectivity index (χ0v) is 13.3. The number of hydrogen-bond acceptors (Lipinski definition) is 5. The van der Waals surface area contributed by atoms with E-state index in [1.54, 1.807) is 19.1 Å². The van der Waals surface area contributed by atoms with Crippen molar-refractivity contribution >= 4 is 10.0 Å². The summed E-state index contributed by atoms with van der Waals surface area (Å²) in [4.78, 5) is 0. The number of aliphatic hydroxyl groups is 1. The van der Waals surface area contributed by atoms with Crippen molar-refractivity contribution < 1.29 is 22.4 Å². The fourth-order valence-electron chi connectivity index (χ4n) is 2.86. The van der Waals surface area contributed by atoms with Gasteiger partial charge in [-0.3, -0.25) is 0 Å². The molecule has 1 aromatic heterocycles. The lowest BCUT2D eigenvalue weighted by Gasteiger charge is -2.23. The van der Waals surface area contributed by atoms with Crippen LogP contribution in [0.2, 0.25) is 0 Å². The van der Waals surface area contributed by atoms with Gasteiger partial charge in [0.2, 0.25) is 10.0 Å². The molecule has 1 saturated heterocycles. The summed E-state index contributed by atoms with van der Waals surface area (Å²) >= 11 is 0. The number of rotatable bonds is 4. The Labute approximate surface area is 133 Å². The minimum atomic E-state index is -3.71. The molecule has 3 rings (SSSR count). The number of halogens is 1. The van der Waals surface area contributed by atoms with E-state index in [4.69, 9.17) is 4.52 Å². The Balaban J connectivity index is 1.89. The number of aliphatic hydroxyl groups excluding tert-OH is 1. The molecule has 2 unspecified atom stereocenters. The molecule has 1 fully saturated rings. The summed E-state index contributed by atoms with van der Waals surface area (Å²) in [7, 11) is -3.71. The highest BCUT2D eigenvalue weighted by molar-refractivity contribution is 7.88. The van der Waals surface area contributed by atoms with Crippen molar-refractivity contribution in [1.29, 1.82) is 0 Å². The average Bonchev–Trinajstić information content (AvgIpc) is 3.05. The van der Waals surface area contributed by atoms with Gasteiger partial charge in [-0.15, -0.1) is 0 Å². The SMILES string of the molecule is Cc1cc(CS(=O)(=O)N2CC(O)CC2c2cccc(F)c2)no1. The third-order valence-corrected chi connectivity index (χ3v) is 5.61. The Morgan fingerprint density at radius 1 is 1.43 bits per heavy atom. The Kier molecular flexibility index (Phi) is 4.22. The van der Waals surface area contributed by atoms with E-state index in [1.807, 2.05) is 0 Å². The van der Waals surface area contributed by atoms with Crippen molar-refractivity contribution in [2.75, 3.05) is 6.54 Å². The second-order valence-electron chi connectivity index (χ2n) is 5.72. The van der Waals surface area contributed by atoms with E-state index in [2.05, 4.69) is 5.16 Å². The van der Waals surface area contributed by atoms with Gasteiger partial charge >= 0.3 is 0 Å². The number of aryl methyl sites for hydroxylation is 1. The highest BCUT2D eigenvalue weighted by Crippen LogP contribution is 2.35. The standard InChI is InChI=1S/C15H17FN2O4S/c1-10-5-13(17-22-10)9-23(20,21)18-8-14(19)7-15(18)11-3-2-4-12(16)6-11/h2-6,14-15,19H,7-9H2,1H3. The Morgan fingerprint density at radius 3 is 2.87 bits per heavy atom. The molecule has 0 spiro atoms. The van der Waals surface area contributed by atoms with E-state index in [9.17, 15) is 17.9 Å². The molecule has 0 bridgehead atoms. The quantitative estimate of drug-likeness (QED) is 0.917. The van der Waals surface area contributed by atoms with Crippen LogP contribution in [0, 0.1) is 12.7 Å². The van der Waals surface area contributed by atoms with Gasteiger partial charge in [-0.25, -0.2) is 12.8 Å². The summed E-state index contributed by atoms with van der Waals surface area (Å²) in [6.07, 6.45) is -0.544. The van der Waals surface area contributed by atoms with Crippen molar-refractivity contribution in [3.05, 3.63) is 53.2 Å². The zero-order valence-electron chi connectivity index (χ0n) is 12.5. The van der Waals surface area contributed by atoms with Crippen molar-refractivity contribution in [2.45, 2.75) is 31.2 Å². The molecule has 8 heteroatoms. The van der Waals surface area contributed by atoms with Gasteiger partial charge in [-0.2, -0.15) is 4.31 Å². The van der Waals surface area contributed by atoms with Crippen LogP contribution in [0.15, 0.2) is 34.9 Å². The summed E-state index contributed by atoms with van der Waals surface area (Å²) in [5, 5.41) is 13.6. The van der Waals surface area contributed by atoms with Crippen LogP contribution in [-0.4, -0.2) is 35.6 Å². The Morgan fingerprint density at radius 2 is 2.22 bits per heavy atom. The molecule has 6 nitrogen and oxygen atoms in total. The number of nitrogens with zero attached hydrogens (tertiary/aromatic N) is 2. The van der Waals surface area contributed by atoms with E-state index in [1.165, 1.54) is 22.5 Å². The number of β-amino-alcohol motifs (C(OH)–C–C–N with tert-alkyl or cyclic N) is 1. The van der Waals surface area contributed by atoms with E-state index in [0.29, 0.717) is 17.0 Å². The smallest absolute Gasteiger partial charge is 0.220 e. The first-order chi connectivity index (χ1) is 10.8.